The van der Waals surface area contributed by atoms with Crippen LogP contribution in [0.2, 0.25) is 0 Å². The zero-order valence-corrected chi connectivity index (χ0v) is 15.4. The minimum absolute atomic E-state index is 0.180. The molecular weight excluding hydrogens is 319 g/mol. The summed E-state index contributed by atoms with van der Waals surface area (Å²) >= 11 is 0. The molecule has 1 amide bonds. The summed E-state index contributed by atoms with van der Waals surface area (Å²) < 4.78 is 13.6. The molecule has 0 heterocycles. The second kappa shape index (κ2) is 8.83. The van der Waals surface area contributed by atoms with Gasteiger partial charge >= 0.3 is 0 Å². The van der Waals surface area contributed by atoms with Gasteiger partial charge in [-0.05, 0) is 30.9 Å². The molecule has 1 fully saturated rings. The van der Waals surface area contributed by atoms with E-state index in [9.17, 15) is 9.18 Å². The molecule has 1 aliphatic rings. The van der Waals surface area contributed by atoms with E-state index in [4.69, 9.17) is 0 Å². The number of hydrogen-bond acceptors (Lipinski definition) is 2. The Hall–Kier alpha value is -2.11. The Morgan fingerprint density at radius 3 is 2.52 bits per heavy atom. The molecule has 2 rings (SSSR count). The van der Waals surface area contributed by atoms with E-state index in [1.54, 1.807) is 24.1 Å². The van der Waals surface area contributed by atoms with Gasteiger partial charge in [-0.2, -0.15) is 0 Å². The molecule has 0 spiro atoms. The standard InChI is InChI=1S/C19H29FN4O/c1-21-18(22-13-10-15-8-4-5-9-16(15)20)23-14-19(11-6-7-12-19)17(25)24(2)3/h4-5,8-9H,6-7,10-14H2,1-3H3,(H2,21,22,23). The predicted octanol–water partition coefficient (Wildman–Crippen LogP) is 2.18. The van der Waals surface area contributed by atoms with Crippen LogP contribution in [0.3, 0.4) is 0 Å². The molecule has 0 atom stereocenters. The van der Waals surface area contributed by atoms with Crippen molar-refractivity contribution in [1.29, 1.82) is 0 Å². The van der Waals surface area contributed by atoms with Gasteiger partial charge in [0, 0.05) is 34.2 Å². The molecule has 0 radical (unpaired) electrons. The third kappa shape index (κ3) is 4.94. The highest BCUT2D eigenvalue weighted by Crippen LogP contribution is 2.38. The van der Waals surface area contributed by atoms with Crippen LogP contribution in [-0.4, -0.2) is 51.0 Å². The van der Waals surface area contributed by atoms with Gasteiger partial charge in [-0.1, -0.05) is 31.0 Å². The van der Waals surface area contributed by atoms with E-state index in [0.717, 1.165) is 25.7 Å². The maximum absolute atomic E-state index is 13.6. The van der Waals surface area contributed by atoms with Gasteiger partial charge in [-0.25, -0.2) is 4.39 Å². The summed E-state index contributed by atoms with van der Waals surface area (Å²) in [6.07, 6.45) is 4.56. The number of nitrogens with one attached hydrogen (secondary N) is 2. The maximum Gasteiger partial charge on any atom is 0.230 e. The summed E-state index contributed by atoms with van der Waals surface area (Å²) in [5.41, 5.74) is 0.340. The summed E-state index contributed by atoms with van der Waals surface area (Å²) in [5.74, 6) is 0.641. The number of carbonyl (C=O) groups excluding carboxylic acids is 1. The van der Waals surface area contributed by atoms with Gasteiger partial charge < -0.3 is 15.5 Å². The first kappa shape index (κ1) is 19.2. The van der Waals surface area contributed by atoms with Gasteiger partial charge in [0.15, 0.2) is 5.96 Å². The van der Waals surface area contributed by atoms with E-state index in [1.165, 1.54) is 6.07 Å². The summed E-state index contributed by atoms with van der Waals surface area (Å²) in [4.78, 5) is 18.5. The third-order valence-corrected chi connectivity index (χ3v) is 4.88. The zero-order valence-electron chi connectivity index (χ0n) is 15.4. The molecule has 0 aliphatic heterocycles. The van der Waals surface area contributed by atoms with Crippen LogP contribution in [0.5, 0.6) is 0 Å². The van der Waals surface area contributed by atoms with E-state index in [1.807, 2.05) is 20.2 Å². The average Bonchev–Trinajstić information content (AvgIpc) is 3.08. The van der Waals surface area contributed by atoms with Crippen LogP contribution in [0, 0.1) is 11.2 Å². The molecule has 1 aromatic carbocycles. The Labute approximate surface area is 149 Å². The van der Waals surface area contributed by atoms with E-state index in [2.05, 4.69) is 15.6 Å². The molecular formula is C19H29FN4O. The van der Waals surface area contributed by atoms with Crippen molar-refractivity contribution < 1.29 is 9.18 Å². The molecule has 0 unspecified atom stereocenters. The molecule has 25 heavy (non-hydrogen) atoms. The molecule has 1 aliphatic carbocycles. The second-order valence-electron chi connectivity index (χ2n) is 6.88. The molecule has 1 saturated carbocycles. The Morgan fingerprint density at radius 1 is 1.24 bits per heavy atom. The zero-order chi connectivity index (χ0) is 18.3. The van der Waals surface area contributed by atoms with Gasteiger partial charge in [0.05, 0.1) is 5.41 Å². The molecule has 0 bridgehead atoms. The first-order valence-corrected chi connectivity index (χ1v) is 8.88. The van der Waals surface area contributed by atoms with Crippen molar-refractivity contribution in [1.82, 2.24) is 15.5 Å². The van der Waals surface area contributed by atoms with Gasteiger partial charge in [0.25, 0.3) is 0 Å². The second-order valence-corrected chi connectivity index (χ2v) is 6.88. The quantitative estimate of drug-likeness (QED) is 0.612. The van der Waals surface area contributed by atoms with Crippen molar-refractivity contribution >= 4 is 11.9 Å². The highest BCUT2D eigenvalue weighted by molar-refractivity contribution is 5.85. The van der Waals surface area contributed by atoms with Crippen molar-refractivity contribution in [3.63, 3.8) is 0 Å². The topological polar surface area (TPSA) is 56.7 Å². The minimum atomic E-state index is -0.341. The number of guanidine groups is 1. The van der Waals surface area contributed by atoms with Crippen molar-refractivity contribution in [2.24, 2.45) is 10.4 Å². The fraction of sp³-hybridized carbons (Fsp3) is 0.579. The number of hydrogen-bond donors (Lipinski definition) is 2. The van der Waals surface area contributed by atoms with Crippen LogP contribution in [0.15, 0.2) is 29.3 Å². The number of rotatable bonds is 6. The van der Waals surface area contributed by atoms with Crippen LogP contribution < -0.4 is 10.6 Å². The number of benzene rings is 1. The highest BCUT2D eigenvalue weighted by Gasteiger charge is 2.42. The van der Waals surface area contributed by atoms with E-state index >= 15 is 0 Å². The first-order valence-electron chi connectivity index (χ1n) is 8.88. The largest absolute Gasteiger partial charge is 0.356 e. The molecule has 0 saturated heterocycles. The van der Waals surface area contributed by atoms with Crippen molar-refractivity contribution in [3.8, 4) is 0 Å². The molecule has 138 valence electrons. The number of nitrogens with zero attached hydrogens (tertiary/aromatic N) is 2. The summed E-state index contributed by atoms with van der Waals surface area (Å²) in [6.45, 7) is 1.15. The van der Waals surface area contributed by atoms with Crippen molar-refractivity contribution in [2.45, 2.75) is 32.1 Å². The van der Waals surface area contributed by atoms with Gasteiger partial charge in [0.1, 0.15) is 5.82 Å². The molecule has 0 aromatic heterocycles. The fourth-order valence-electron chi connectivity index (χ4n) is 3.48. The van der Waals surface area contributed by atoms with Crippen LogP contribution >= 0.6 is 0 Å². The Kier molecular flexibility index (Phi) is 6.79. The molecule has 6 heteroatoms. The van der Waals surface area contributed by atoms with Crippen molar-refractivity contribution in [2.75, 3.05) is 34.2 Å². The summed E-state index contributed by atoms with van der Waals surface area (Å²) in [5, 5.41) is 6.49. The van der Waals surface area contributed by atoms with Crippen LogP contribution in [0.1, 0.15) is 31.2 Å². The minimum Gasteiger partial charge on any atom is -0.356 e. The van der Waals surface area contributed by atoms with E-state index in [0.29, 0.717) is 31.0 Å². The number of carbonyl (C=O) groups is 1. The Balaban J connectivity index is 1.87. The lowest BCUT2D eigenvalue weighted by atomic mass is 9.84. The molecule has 5 nitrogen and oxygen atoms in total. The van der Waals surface area contributed by atoms with Gasteiger partial charge in [-0.15, -0.1) is 0 Å². The lowest BCUT2D eigenvalue weighted by Crippen LogP contribution is -2.49. The number of aliphatic imine (C=N–C) groups is 1. The van der Waals surface area contributed by atoms with Crippen LogP contribution in [0.25, 0.3) is 0 Å². The normalized spacial score (nSPS) is 16.6. The number of amides is 1. The van der Waals surface area contributed by atoms with Crippen LogP contribution in [-0.2, 0) is 11.2 Å². The lowest BCUT2D eigenvalue weighted by molar-refractivity contribution is -0.138. The average molecular weight is 348 g/mol. The Bertz CT molecular complexity index is 609. The Morgan fingerprint density at radius 2 is 1.92 bits per heavy atom. The van der Waals surface area contributed by atoms with E-state index < -0.39 is 0 Å². The predicted molar refractivity (Wildman–Crippen MR) is 99.1 cm³/mol. The van der Waals surface area contributed by atoms with Gasteiger partial charge in [0.2, 0.25) is 5.91 Å². The lowest BCUT2D eigenvalue weighted by Gasteiger charge is -2.31. The maximum atomic E-state index is 13.6. The van der Waals surface area contributed by atoms with Gasteiger partial charge in [-0.3, -0.25) is 9.79 Å². The van der Waals surface area contributed by atoms with E-state index in [-0.39, 0.29) is 17.1 Å². The smallest absolute Gasteiger partial charge is 0.230 e. The first-order chi connectivity index (χ1) is 12.0. The van der Waals surface area contributed by atoms with Crippen molar-refractivity contribution in [3.05, 3.63) is 35.6 Å². The monoisotopic (exact) mass is 348 g/mol. The highest BCUT2D eigenvalue weighted by atomic mass is 19.1. The fourth-order valence-corrected chi connectivity index (χ4v) is 3.48. The summed E-state index contributed by atoms with van der Waals surface area (Å²) in [6, 6.07) is 6.79. The summed E-state index contributed by atoms with van der Waals surface area (Å²) in [7, 11) is 5.32. The molecule has 2 N–H and O–H groups in total. The molecule has 1 aromatic rings. The third-order valence-electron chi connectivity index (χ3n) is 4.88. The number of halogens is 1. The van der Waals surface area contributed by atoms with Crippen LogP contribution in [0.4, 0.5) is 4.39 Å². The SMILES string of the molecule is CN=C(NCCc1ccccc1F)NCC1(C(=O)N(C)C)CCCC1.